The monoisotopic (exact) mass is 337 g/mol. The predicted octanol–water partition coefficient (Wildman–Crippen LogP) is 2.66. The molecule has 1 aromatic rings. The van der Waals surface area contributed by atoms with E-state index in [1.165, 1.54) is 30.6 Å². The first-order valence-corrected chi connectivity index (χ1v) is 9.52. The molecule has 3 rings (SSSR count). The second-order valence-electron chi connectivity index (χ2n) is 6.36. The molecular formula is C17H27N3O2S. The highest BCUT2D eigenvalue weighted by atomic mass is 32.1. The molecule has 1 spiro atoms. The number of thiophene rings is 1. The second kappa shape index (κ2) is 8.13. The smallest absolute Gasteiger partial charge is 0.188 e. The quantitative estimate of drug-likeness (QED) is 0.640. The molecule has 5 nitrogen and oxygen atoms in total. The van der Waals surface area contributed by atoms with Crippen molar-refractivity contribution in [2.45, 2.75) is 56.8 Å². The number of hydrogen-bond donors (Lipinski definition) is 2. The summed E-state index contributed by atoms with van der Waals surface area (Å²) in [6, 6.07) is 4.20. The molecule has 1 aliphatic carbocycles. The third kappa shape index (κ3) is 4.93. The molecule has 1 aromatic heterocycles. The van der Waals surface area contributed by atoms with E-state index in [9.17, 15) is 0 Å². The van der Waals surface area contributed by atoms with Gasteiger partial charge in [0.1, 0.15) is 6.10 Å². The fraction of sp³-hybridized carbons (Fsp3) is 0.706. The van der Waals surface area contributed by atoms with Crippen LogP contribution in [-0.4, -0.2) is 37.5 Å². The summed E-state index contributed by atoms with van der Waals surface area (Å²) >= 11 is 1.77. The van der Waals surface area contributed by atoms with Gasteiger partial charge in [0.15, 0.2) is 11.7 Å². The fourth-order valence-corrected chi connectivity index (χ4v) is 3.97. The number of nitrogens with one attached hydrogen (secondary N) is 1. The van der Waals surface area contributed by atoms with Crippen molar-refractivity contribution >= 4 is 17.3 Å². The van der Waals surface area contributed by atoms with Gasteiger partial charge >= 0.3 is 0 Å². The Balaban J connectivity index is 1.39. The van der Waals surface area contributed by atoms with Gasteiger partial charge in [-0.3, -0.25) is 4.99 Å². The highest BCUT2D eigenvalue weighted by Gasteiger charge is 2.41. The fourth-order valence-electron chi connectivity index (χ4n) is 3.26. The van der Waals surface area contributed by atoms with Crippen molar-refractivity contribution in [3.8, 4) is 0 Å². The van der Waals surface area contributed by atoms with Crippen LogP contribution in [0.3, 0.4) is 0 Å². The lowest BCUT2D eigenvalue weighted by molar-refractivity contribution is -0.174. The SMILES string of the molecule is NC(=NCC1COC2(CCCCCC2)O1)NCCc1cccs1. The van der Waals surface area contributed by atoms with Gasteiger partial charge in [-0.1, -0.05) is 18.9 Å². The second-order valence-corrected chi connectivity index (χ2v) is 7.39. The summed E-state index contributed by atoms with van der Waals surface area (Å²) in [6.45, 7) is 2.01. The minimum atomic E-state index is -0.335. The number of ether oxygens (including phenoxy) is 2. The van der Waals surface area contributed by atoms with Gasteiger partial charge < -0.3 is 20.5 Å². The minimum absolute atomic E-state index is 0.0331. The van der Waals surface area contributed by atoms with Crippen molar-refractivity contribution in [1.82, 2.24) is 5.32 Å². The number of aliphatic imine (C=N–C) groups is 1. The summed E-state index contributed by atoms with van der Waals surface area (Å²) < 4.78 is 12.2. The first kappa shape index (κ1) is 16.7. The van der Waals surface area contributed by atoms with Gasteiger partial charge in [0, 0.05) is 24.3 Å². The molecule has 1 saturated carbocycles. The highest BCUT2D eigenvalue weighted by molar-refractivity contribution is 7.09. The van der Waals surface area contributed by atoms with Crippen LogP contribution in [0.4, 0.5) is 0 Å². The maximum Gasteiger partial charge on any atom is 0.188 e. The standard InChI is InChI=1S/C17H27N3O2S/c18-16(19-10-7-15-6-5-11-23-15)20-12-14-13-21-17(22-14)8-3-1-2-4-9-17/h5-6,11,14H,1-4,7-10,12-13H2,(H3,18,19,20). The van der Waals surface area contributed by atoms with Crippen LogP contribution < -0.4 is 11.1 Å². The van der Waals surface area contributed by atoms with Crippen molar-refractivity contribution in [2.75, 3.05) is 19.7 Å². The average Bonchev–Trinajstić information content (AvgIpc) is 3.13. The molecule has 6 heteroatoms. The van der Waals surface area contributed by atoms with Gasteiger partial charge in [-0.25, -0.2) is 0 Å². The Morgan fingerprint density at radius 3 is 2.91 bits per heavy atom. The van der Waals surface area contributed by atoms with Gasteiger partial charge in [0.2, 0.25) is 0 Å². The molecule has 2 fully saturated rings. The van der Waals surface area contributed by atoms with Crippen molar-refractivity contribution in [2.24, 2.45) is 10.7 Å². The van der Waals surface area contributed by atoms with E-state index in [0.717, 1.165) is 25.8 Å². The van der Waals surface area contributed by atoms with Crippen molar-refractivity contribution in [3.05, 3.63) is 22.4 Å². The molecule has 0 bridgehead atoms. The van der Waals surface area contributed by atoms with Gasteiger partial charge in [0.05, 0.1) is 13.2 Å². The van der Waals surface area contributed by atoms with E-state index in [-0.39, 0.29) is 11.9 Å². The normalized spacial score (nSPS) is 24.7. The number of guanidine groups is 1. The zero-order valence-electron chi connectivity index (χ0n) is 13.6. The van der Waals surface area contributed by atoms with E-state index in [2.05, 4.69) is 27.8 Å². The Bertz CT molecular complexity index is 496. The van der Waals surface area contributed by atoms with Gasteiger partial charge in [-0.2, -0.15) is 0 Å². The molecule has 0 aromatic carbocycles. The first-order valence-electron chi connectivity index (χ1n) is 8.64. The minimum Gasteiger partial charge on any atom is -0.370 e. The van der Waals surface area contributed by atoms with Crippen LogP contribution >= 0.6 is 11.3 Å². The molecule has 0 radical (unpaired) electrons. The summed E-state index contributed by atoms with van der Waals surface area (Å²) in [5.41, 5.74) is 5.93. The third-order valence-corrected chi connectivity index (χ3v) is 5.44. The predicted molar refractivity (Wildman–Crippen MR) is 93.8 cm³/mol. The van der Waals surface area contributed by atoms with Crippen molar-refractivity contribution in [3.63, 3.8) is 0 Å². The van der Waals surface area contributed by atoms with E-state index >= 15 is 0 Å². The van der Waals surface area contributed by atoms with E-state index in [0.29, 0.717) is 19.1 Å². The molecule has 2 aliphatic rings. The zero-order valence-corrected chi connectivity index (χ0v) is 14.4. The molecule has 1 unspecified atom stereocenters. The molecule has 128 valence electrons. The molecule has 1 aliphatic heterocycles. The molecular weight excluding hydrogens is 310 g/mol. The maximum atomic E-state index is 6.17. The Labute approximate surface area is 142 Å². The molecule has 1 saturated heterocycles. The van der Waals surface area contributed by atoms with Crippen molar-refractivity contribution in [1.29, 1.82) is 0 Å². The molecule has 23 heavy (non-hydrogen) atoms. The van der Waals surface area contributed by atoms with Gasteiger partial charge in [-0.15, -0.1) is 11.3 Å². The lowest BCUT2D eigenvalue weighted by Gasteiger charge is -2.26. The van der Waals surface area contributed by atoms with Gasteiger partial charge in [-0.05, 0) is 30.7 Å². The Morgan fingerprint density at radius 1 is 1.35 bits per heavy atom. The molecule has 2 heterocycles. The lowest BCUT2D eigenvalue weighted by Crippen LogP contribution is -2.34. The van der Waals surface area contributed by atoms with Crippen LogP contribution in [-0.2, 0) is 15.9 Å². The molecule has 3 N–H and O–H groups in total. The third-order valence-electron chi connectivity index (χ3n) is 4.50. The van der Waals surface area contributed by atoms with Crippen LogP contribution in [0.15, 0.2) is 22.5 Å². The summed E-state index contributed by atoms with van der Waals surface area (Å²) in [7, 11) is 0. The highest BCUT2D eigenvalue weighted by Crippen LogP contribution is 2.36. The van der Waals surface area contributed by atoms with E-state index in [1.807, 2.05) is 0 Å². The van der Waals surface area contributed by atoms with Crippen LogP contribution in [0.25, 0.3) is 0 Å². The Morgan fingerprint density at radius 2 is 2.17 bits per heavy atom. The number of nitrogens with two attached hydrogens (primary N) is 1. The van der Waals surface area contributed by atoms with Crippen LogP contribution in [0.2, 0.25) is 0 Å². The topological polar surface area (TPSA) is 68.9 Å². The largest absolute Gasteiger partial charge is 0.370 e. The Kier molecular flexibility index (Phi) is 5.91. The Hall–Kier alpha value is -1.11. The van der Waals surface area contributed by atoms with Crippen LogP contribution in [0.5, 0.6) is 0 Å². The summed E-state index contributed by atoms with van der Waals surface area (Å²) in [5, 5.41) is 5.25. The van der Waals surface area contributed by atoms with Crippen LogP contribution in [0, 0.1) is 0 Å². The average molecular weight is 337 g/mol. The number of nitrogens with zero attached hydrogens (tertiary/aromatic N) is 1. The van der Waals surface area contributed by atoms with E-state index in [1.54, 1.807) is 11.3 Å². The summed E-state index contributed by atoms with van der Waals surface area (Å²) in [4.78, 5) is 5.76. The maximum absolute atomic E-state index is 6.17. The van der Waals surface area contributed by atoms with Crippen LogP contribution in [0.1, 0.15) is 43.4 Å². The molecule has 0 amide bonds. The first-order chi connectivity index (χ1) is 11.3. The van der Waals surface area contributed by atoms with E-state index < -0.39 is 0 Å². The number of rotatable bonds is 5. The molecule has 1 atom stereocenters. The van der Waals surface area contributed by atoms with Crippen molar-refractivity contribution < 1.29 is 9.47 Å². The zero-order chi connectivity index (χ0) is 16.0. The van der Waals surface area contributed by atoms with Gasteiger partial charge in [0.25, 0.3) is 0 Å². The summed E-state index contributed by atoms with van der Waals surface area (Å²) in [5.74, 6) is 0.157. The van der Waals surface area contributed by atoms with E-state index in [4.69, 9.17) is 15.2 Å². The number of hydrogen-bond acceptors (Lipinski definition) is 4. The lowest BCUT2D eigenvalue weighted by atomic mass is 10.1. The summed E-state index contributed by atoms with van der Waals surface area (Å²) in [6.07, 6.45) is 8.01.